The summed E-state index contributed by atoms with van der Waals surface area (Å²) >= 11 is 6.01. The highest BCUT2D eigenvalue weighted by molar-refractivity contribution is 6.31. The number of amides is 2. The molecular weight excluding hydrogens is 465 g/mol. The summed E-state index contributed by atoms with van der Waals surface area (Å²) in [6.45, 7) is 0.252. The molecule has 0 saturated heterocycles. The number of hydrogen-bond acceptors (Lipinski definition) is 6. The second-order valence-corrected chi connectivity index (χ2v) is 7.71. The molecule has 1 N–H and O–H groups in total. The molecule has 0 fully saturated rings. The Kier molecular flexibility index (Phi) is 7.19. The molecule has 0 saturated carbocycles. The fourth-order valence-electron chi connectivity index (χ4n) is 3.50. The Hall–Kier alpha value is -3.76. The summed E-state index contributed by atoms with van der Waals surface area (Å²) in [4.78, 5) is 28.1. The van der Waals surface area contributed by atoms with Gasteiger partial charge >= 0.3 is 0 Å². The van der Waals surface area contributed by atoms with E-state index in [1.165, 1.54) is 35.1 Å². The predicted octanol–water partition coefficient (Wildman–Crippen LogP) is 3.35. The standard InChI is InChI=1S/C23H21ClFN5O4/c1-33-12-10-26-23(32)22(20-7-4-11-34-20)30(15-8-9-17(25)16(24)13-15)21(31)14-29-19-6-3-2-5-18(19)27-28-29/h2-9,11,13,22H,10,12,14H2,1H3,(H,26,32). The van der Waals surface area contributed by atoms with E-state index in [0.717, 1.165) is 6.07 Å². The number of rotatable bonds is 9. The normalized spacial score (nSPS) is 12.0. The van der Waals surface area contributed by atoms with Gasteiger partial charge in [-0.25, -0.2) is 9.07 Å². The average Bonchev–Trinajstić information content (AvgIpc) is 3.50. The van der Waals surface area contributed by atoms with Gasteiger partial charge < -0.3 is 14.5 Å². The maximum Gasteiger partial charge on any atom is 0.251 e. The number of ether oxygens (including phenoxy) is 1. The number of methoxy groups -OCH3 is 1. The molecule has 0 radical (unpaired) electrons. The van der Waals surface area contributed by atoms with Gasteiger partial charge in [0.1, 0.15) is 23.6 Å². The van der Waals surface area contributed by atoms with Crippen molar-refractivity contribution < 1.29 is 23.1 Å². The van der Waals surface area contributed by atoms with Crippen molar-refractivity contribution in [2.24, 2.45) is 0 Å². The Morgan fingerprint density at radius 3 is 2.79 bits per heavy atom. The van der Waals surface area contributed by atoms with E-state index in [-0.39, 0.29) is 36.2 Å². The lowest BCUT2D eigenvalue weighted by Crippen LogP contribution is -2.45. The third-order valence-electron chi connectivity index (χ3n) is 5.08. The maximum atomic E-state index is 13.9. The highest BCUT2D eigenvalue weighted by Gasteiger charge is 2.35. The van der Waals surface area contributed by atoms with Crippen LogP contribution < -0.4 is 10.2 Å². The fraction of sp³-hybridized carbons (Fsp3) is 0.217. The van der Waals surface area contributed by atoms with E-state index in [2.05, 4.69) is 15.6 Å². The van der Waals surface area contributed by atoms with Crippen LogP contribution >= 0.6 is 11.6 Å². The van der Waals surface area contributed by atoms with Gasteiger partial charge in [0, 0.05) is 19.3 Å². The summed E-state index contributed by atoms with van der Waals surface area (Å²) in [5, 5.41) is 10.7. The van der Waals surface area contributed by atoms with Crippen LogP contribution in [0.25, 0.3) is 11.0 Å². The van der Waals surface area contributed by atoms with Gasteiger partial charge in [0.25, 0.3) is 5.91 Å². The summed E-state index contributed by atoms with van der Waals surface area (Å²) in [5.74, 6) is -1.46. The van der Waals surface area contributed by atoms with E-state index >= 15 is 0 Å². The van der Waals surface area contributed by atoms with Crippen LogP contribution in [0.1, 0.15) is 11.8 Å². The van der Waals surface area contributed by atoms with E-state index in [0.29, 0.717) is 11.0 Å². The van der Waals surface area contributed by atoms with Crippen LogP contribution in [-0.4, -0.2) is 47.1 Å². The van der Waals surface area contributed by atoms with Crippen molar-refractivity contribution in [1.29, 1.82) is 0 Å². The van der Waals surface area contributed by atoms with Crippen molar-refractivity contribution >= 4 is 40.1 Å². The van der Waals surface area contributed by atoms with Crippen LogP contribution in [0.4, 0.5) is 10.1 Å². The first kappa shape index (κ1) is 23.4. The Labute approximate surface area is 199 Å². The van der Waals surface area contributed by atoms with Crippen molar-refractivity contribution in [2.75, 3.05) is 25.2 Å². The lowest BCUT2D eigenvalue weighted by molar-refractivity contribution is -0.127. The van der Waals surface area contributed by atoms with Crippen molar-refractivity contribution in [3.05, 3.63) is 77.5 Å². The van der Waals surface area contributed by atoms with E-state index in [4.69, 9.17) is 20.8 Å². The zero-order chi connectivity index (χ0) is 24.1. The van der Waals surface area contributed by atoms with Crippen LogP contribution in [0.5, 0.6) is 0 Å². The van der Waals surface area contributed by atoms with Crippen LogP contribution in [0, 0.1) is 5.82 Å². The second-order valence-electron chi connectivity index (χ2n) is 7.30. The average molecular weight is 486 g/mol. The summed E-state index contributed by atoms with van der Waals surface area (Å²) in [7, 11) is 1.51. The second kappa shape index (κ2) is 10.4. The summed E-state index contributed by atoms with van der Waals surface area (Å²) in [6, 6.07) is 12.9. The van der Waals surface area contributed by atoms with Gasteiger partial charge in [0.2, 0.25) is 5.91 Å². The number of benzene rings is 2. The number of carbonyl (C=O) groups excluding carboxylic acids is 2. The molecule has 9 nitrogen and oxygen atoms in total. The number of aromatic nitrogens is 3. The molecule has 0 aliphatic rings. The zero-order valence-electron chi connectivity index (χ0n) is 18.1. The van der Waals surface area contributed by atoms with E-state index in [9.17, 15) is 14.0 Å². The van der Waals surface area contributed by atoms with Gasteiger partial charge in [-0.1, -0.05) is 28.9 Å². The lowest BCUT2D eigenvalue weighted by Gasteiger charge is -2.30. The number of carbonyl (C=O) groups is 2. The fourth-order valence-corrected chi connectivity index (χ4v) is 3.68. The van der Waals surface area contributed by atoms with Gasteiger partial charge in [-0.2, -0.15) is 0 Å². The maximum absolute atomic E-state index is 13.9. The Morgan fingerprint density at radius 1 is 1.24 bits per heavy atom. The third-order valence-corrected chi connectivity index (χ3v) is 5.37. The van der Waals surface area contributed by atoms with Gasteiger partial charge in [-0.05, 0) is 42.5 Å². The van der Waals surface area contributed by atoms with E-state index in [1.807, 2.05) is 6.07 Å². The highest BCUT2D eigenvalue weighted by atomic mass is 35.5. The molecule has 2 heterocycles. The molecule has 4 aromatic rings. The molecule has 176 valence electrons. The molecule has 0 bridgehead atoms. The smallest absolute Gasteiger partial charge is 0.251 e. The number of furan rings is 1. The van der Waals surface area contributed by atoms with Crippen molar-refractivity contribution in [2.45, 2.75) is 12.6 Å². The highest BCUT2D eigenvalue weighted by Crippen LogP contribution is 2.31. The molecular formula is C23H21ClFN5O4. The molecule has 0 aliphatic heterocycles. The lowest BCUT2D eigenvalue weighted by atomic mass is 10.1. The Balaban J connectivity index is 1.76. The van der Waals surface area contributed by atoms with Crippen LogP contribution in [-0.2, 0) is 20.9 Å². The summed E-state index contributed by atoms with van der Waals surface area (Å²) < 4.78 is 25.8. The number of nitrogens with one attached hydrogen (secondary N) is 1. The zero-order valence-corrected chi connectivity index (χ0v) is 18.9. The first-order chi connectivity index (χ1) is 16.5. The topological polar surface area (TPSA) is 102 Å². The van der Waals surface area contributed by atoms with Crippen molar-refractivity contribution in [3.63, 3.8) is 0 Å². The van der Waals surface area contributed by atoms with Crippen LogP contribution in [0.3, 0.4) is 0 Å². The molecule has 2 amide bonds. The number of halogens is 2. The Bertz CT molecular complexity index is 1290. The van der Waals surface area contributed by atoms with Gasteiger partial charge in [0.15, 0.2) is 6.04 Å². The molecule has 34 heavy (non-hydrogen) atoms. The summed E-state index contributed by atoms with van der Waals surface area (Å²) in [5.41, 5.74) is 1.47. The van der Waals surface area contributed by atoms with E-state index in [1.54, 1.807) is 30.3 Å². The minimum absolute atomic E-state index is 0.195. The molecule has 0 spiro atoms. The van der Waals surface area contributed by atoms with Gasteiger partial charge in [-0.3, -0.25) is 14.5 Å². The molecule has 0 aliphatic carbocycles. The molecule has 4 rings (SSSR count). The SMILES string of the molecule is COCCNC(=O)C(c1ccco1)N(C(=O)Cn1nnc2ccccc21)c1ccc(F)c(Cl)c1. The van der Waals surface area contributed by atoms with Crippen LogP contribution in [0.2, 0.25) is 5.02 Å². The number of para-hydroxylation sites is 1. The van der Waals surface area contributed by atoms with E-state index < -0.39 is 23.7 Å². The summed E-state index contributed by atoms with van der Waals surface area (Å²) in [6.07, 6.45) is 1.40. The van der Waals surface area contributed by atoms with Crippen LogP contribution in [0.15, 0.2) is 65.3 Å². The monoisotopic (exact) mass is 485 g/mol. The van der Waals surface area contributed by atoms with Crippen molar-refractivity contribution in [3.8, 4) is 0 Å². The largest absolute Gasteiger partial charge is 0.467 e. The first-order valence-corrected chi connectivity index (χ1v) is 10.7. The van der Waals surface area contributed by atoms with Crippen molar-refractivity contribution in [1.82, 2.24) is 20.3 Å². The Morgan fingerprint density at radius 2 is 2.06 bits per heavy atom. The van der Waals surface area contributed by atoms with Gasteiger partial charge in [0.05, 0.1) is 23.4 Å². The molecule has 1 atom stereocenters. The number of nitrogens with zero attached hydrogens (tertiary/aromatic N) is 4. The minimum Gasteiger partial charge on any atom is -0.467 e. The predicted molar refractivity (Wildman–Crippen MR) is 123 cm³/mol. The number of fused-ring (bicyclic) bond motifs is 1. The molecule has 11 heteroatoms. The molecule has 2 aromatic heterocycles. The third kappa shape index (κ3) is 4.92. The molecule has 2 aromatic carbocycles. The number of anilines is 1. The minimum atomic E-state index is -1.20. The van der Waals surface area contributed by atoms with Gasteiger partial charge in [-0.15, -0.1) is 5.10 Å². The quantitative estimate of drug-likeness (QED) is 0.365. The first-order valence-electron chi connectivity index (χ1n) is 10.3. The number of hydrogen-bond donors (Lipinski definition) is 1. The molecule has 1 unspecified atom stereocenters.